The first-order chi connectivity index (χ1) is 13.8. The lowest BCUT2D eigenvalue weighted by Gasteiger charge is -2.18. The fraction of sp³-hybridized carbons (Fsp3) is 0.227. The Hall–Kier alpha value is -3.06. The van der Waals surface area contributed by atoms with Crippen LogP contribution in [0.3, 0.4) is 0 Å². The predicted molar refractivity (Wildman–Crippen MR) is 110 cm³/mol. The number of sulfone groups is 1. The Kier molecular flexibility index (Phi) is 6.08. The zero-order valence-corrected chi connectivity index (χ0v) is 17.3. The van der Waals surface area contributed by atoms with Crippen molar-refractivity contribution < 1.29 is 22.4 Å². The Bertz CT molecular complexity index is 1090. The molecule has 1 N–H and O–H groups in total. The lowest BCUT2D eigenvalue weighted by molar-refractivity contribution is 0.0953. The van der Waals surface area contributed by atoms with Gasteiger partial charge in [0.25, 0.3) is 5.91 Å². The van der Waals surface area contributed by atoms with E-state index in [4.69, 9.17) is 9.15 Å². The van der Waals surface area contributed by atoms with Crippen molar-refractivity contribution in [3.05, 3.63) is 83.3 Å². The number of hydrogen-bond donors (Lipinski definition) is 1. The van der Waals surface area contributed by atoms with Gasteiger partial charge in [-0.15, -0.1) is 0 Å². The van der Waals surface area contributed by atoms with E-state index in [0.717, 1.165) is 5.56 Å². The monoisotopic (exact) mass is 413 g/mol. The summed E-state index contributed by atoms with van der Waals surface area (Å²) in [6.07, 6.45) is 1.42. The maximum absolute atomic E-state index is 13.4. The molecule has 1 amide bonds. The average molecular weight is 413 g/mol. The van der Waals surface area contributed by atoms with Crippen LogP contribution in [0.4, 0.5) is 0 Å². The largest absolute Gasteiger partial charge is 0.497 e. The van der Waals surface area contributed by atoms with E-state index in [2.05, 4.69) is 5.32 Å². The number of ether oxygens (including phenoxy) is 1. The summed E-state index contributed by atoms with van der Waals surface area (Å²) < 4.78 is 37.3. The van der Waals surface area contributed by atoms with Crippen molar-refractivity contribution in [2.24, 2.45) is 0 Å². The third-order valence-electron chi connectivity index (χ3n) is 4.69. The highest BCUT2D eigenvalue weighted by molar-refractivity contribution is 7.91. The molecule has 0 radical (unpaired) electrons. The van der Waals surface area contributed by atoms with Crippen LogP contribution in [0, 0.1) is 13.8 Å². The molecule has 3 aromatic rings. The number of carbonyl (C=O) groups is 1. The van der Waals surface area contributed by atoms with Gasteiger partial charge in [0.15, 0.2) is 9.84 Å². The van der Waals surface area contributed by atoms with E-state index < -0.39 is 15.1 Å². The minimum atomic E-state index is -3.79. The van der Waals surface area contributed by atoms with E-state index in [1.54, 1.807) is 62.6 Å². The van der Waals surface area contributed by atoms with Crippen molar-refractivity contribution in [2.45, 2.75) is 24.0 Å². The van der Waals surface area contributed by atoms with Crippen LogP contribution in [0.2, 0.25) is 0 Å². The first-order valence-corrected chi connectivity index (χ1v) is 10.6. The quantitative estimate of drug-likeness (QED) is 0.636. The summed E-state index contributed by atoms with van der Waals surface area (Å²) in [6, 6.07) is 15.1. The van der Waals surface area contributed by atoms with Crippen molar-refractivity contribution in [1.82, 2.24) is 5.32 Å². The standard InChI is InChI=1S/C22H23NO5S/c1-15-6-7-16(2)20(13-15)29(25,26)21(19-5-4-12-28-19)14-23-22(24)17-8-10-18(27-3)11-9-17/h4-13,21H,14H2,1-3H3,(H,23,24)/t21-/m1/s1. The Morgan fingerprint density at radius 3 is 2.45 bits per heavy atom. The van der Waals surface area contributed by atoms with Gasteiger partial charge < -0.3 is 14.5 Å². The first-order valence-electron chi connectivity index (χ1n) is 9.09. The van der Waals surface area contributed by atoms with Crippen molar-refractivity contribution in [1.29, 1.82) is 0 Å². The van der Waals surface area contributed by atoms with Gasteiger partial charge in [-0.25, -0.2) is 8.42 Å². The Morgan fingerprint density at radius 1 is 1.10 bits per heavy atom. The molecule has 0 aliphatic rings. The number of amides is 1. The van der Waals surface area contributed by atoms with Crippen LogP contribution in [-0.2, 0) is 9.84 Å². The molecule has 0 fully saturated rings. The second-order valence-electron chi connectivity index (χ2n) is 6.76. The number of benzene rings is 2. The summed E-state index contributed by atoms with van der Waals surface area (Å²) in [5.74, 6) is 0.536. The molecule has 0 saturated heterocycles. The molecule has 0 aliphatic heterocycles. The normalized spacial score (nSPS) is 12.4. The van der Waals surface area contributed by atoms with Crippen LogP contribution >= 0.6 is 0 Å². The molecule has 2 aromatic carbocycles. The molecular formula is C22H23NO5S. The van der Waals surface area contributed by atoms with E-state index in [1.165, 1.54) is 6.26 Å². The zero-order chi connectivity index (χ0) is 21.0. The van der Waals surface area contributed by atoms with Gasteiger partial charge in [0.05, 0.1) is 18.3 Å². The van der Waals surface area contributed by atoms with E-state index in [-0.39, 0.29) is 23.1 Å². The number of hydrogen-bond acceptors (Lipinski definition) is 5. The molecule has 3 rings (SSSR count). The Balaban J connectivity index is 1.88. The van der Waals surface area contributed by atoms with Crippen LogP contribution < -0.4 is 10.1 Å². The second kappa shape index (κ2) is 8.53. The summed E-state index contributed by atoms with van der Waals surface area (Å²) in [5, 5.41) is 1.67. The van der Waals surface area contributed by atoms with E-state index >= 15 is 0 Å². The van der Waals surface area contributed by atoms with E-state index in [0.29, 0.717) is 16.9 Å². The second-order valence-corrected chi connectivity index (χ2v) is 8.86. The third-order valence-corrected chi connectivity index (χ3v) is 6.89. The molecule has 0 spiro atoms. The Morgan fingerprint density at radius 2 is 1.83 bits per heavy atom. The Labute approximate surface area is 170 Å². The van der Waals surface area contributed by atoms with Gasteiger partial charge in [-0.2, -0.15) is 0 Å². The van der Waals surface area contributed by atoms with Crippen LogP contribution in [0.25, 0.3) is 0 Å². The number of carbonyl (C=O) groups excluding carboxylic acids is 1. The first kappa shape index (κ1) is 20.7. The molecule has 0 bridgehead atoms. The molecule has 1 atom stereocenters. The molecule has 6 nitrogen and oxygen atoms in total. The SMILES string of the molecule is COc1ccc(C(=O)NC[C@H](c2ccco2)S(=O)(=O)c2cc(C)ccc2C)cc1. The molecule has 0 aliphatic carbocycles. The smallest absolute Gasteiger partial charge is 0.251 e. The van der Waals surface area contributed by atoms with Gasteiger partial charge in [0, 0.05) is 12.1 Å². The maximum atomic E-state index is 13.4. The zero-order valence-electron chi connectivity index (χ0n) is 16.5. The number of rotatable bonds is 7. The number of nitrogens with one attached hydrogen (secondary N) is 1. The van der Waals surface area contributed by atoms with Crippen LogP contribution in [0.1, 0.15) is 32.5 Å². The molecule has 0 saturated carbocycles. The summed E-state index contributed by atoms with van der Waals surface area (Å²) >= 11 is 0. The summed E-state index contributed by atoms with van der Waals surface area (Å²) in [4.78, 5) is 12.8. The van der Waals surface area contributed by atoms with Crippen LogP contribution in [-0.4, -0.2) is 28.0 Å². The minimum Gasteiger partial charge on any atom is -0.497 e. The third kappa shape index (κ3) is 4.51. The highest BCUT2D eigenvalue weighted by Crippen LogP contribution is 2.31. The summed E-state index contributed by atoms with van der Waals surface area (Å²) in [6.45, 7) is 3.47. The number of methoxy groups -OCH3 is 1. The number of furan rings is 1. The van der Waals surface area contributed by atoms with E-state index in [9.17, 15) is 13.2 Å². The van der Waals surface area contributed by atoms with Crippen LogP contribution in [0.5, 0.6) is 5.75 Å². The molecule has 7 heteroatoms. The van der Waals surface area contributed by atoms with Gasteiger partial charge in [0.1, 0.15) is 16.8 Å². The van der Waals surface area contributed by atoms with E-state index in [1.807, 2.05) is 13.0 Å². The molecule has 152 valence electrons. The maximum Gasteiger partial charge on any atom is 0.251 e. The molecule has 1 heterocycles. The van der Waals surface area contributed by atoms with Gasteiger partial charge in [0.2, 0.25) is 0 Å². The van der Waals surface area contributed by atoms with Crippen molar-refractivity contribution in [3.8, 4) is 5.75 Å². The van der Waals surface area contributed by atoms with Gasteiger partial charge in [-0.3, -0.25) is 4.79 Å². The highest BCUT2D eigenvalue weighted by Gasteiger charge is 2.33. The molecular weight excluding hydrogens is 390 g/mol. The highest BCUT2D eigenvalue weighted by atomic mass is 32.2. The molecule has 1 aromatic heterocycles. The molecule has 29 heavy (non-hydrogen) atoms. The minimum absolute atomic E-state index is 0.117. The molecule has 0 unspecified atom stereocenters. The summed E-state index contributed by atoms with van der Waals surface area (Å²) in [7, 11) is -2.25. The fourth-order valence-electron chi connectivity index (χ4n) is 3.03. The van der Waals surface area contributed by atoms with Gasteiger partial charge in [-0.05, 0) is 67.4 Å². The summed E-state index contributed by atoms with van der Waals surface area (Å²) in [5.41, 5.74) is 1.90. The van der Waals surface area contributed by atoms with Crippen molar-refractivity contribution in [2.75, 3.05) is 13.7 Å². The van der Waals surface area contributed by atoms with Gasteiger partial charge >= 0.3 is 0 Å². The predicted octanol–water partition coefficient (Wildman–Crippen LogP) is 3.85. The fourth-order valence-corrected chi connectivity index (χ4v) is 4.95. The topological polar surface area (TPSA) is 85.6 Å². The number of aryl methyl sites for hydroxylation is 2. The van der Waals surface area contributed by atoms with Crippen LogP contribution in [0.15, 0.2) is 70.2 Å². The average Bonchev–Trinajstić information content (AvgIpc) is 3.24. The van der Waals surface area contributed by atoms with Crippen molar-refractivity contribution >= 4 is 15.7 Å². The van der Waals surface area contributed by atoms with Crippen molar-refractivity contribution in [3.63, 3.8) is 0 Å². The lowest BCUT2D eigenvalue weighted by atomic mass is 10.2. The lowest BCUT2D eigenvalue weighted by Crippen LogP contribution is -2.32. The van der Waals surface area contributed by atoms with Gasteiger partial charge in [-0.1, -0.05) is 12.1 Å².